The highest BCUT2D eigenvalue weighted by Gasteiger charge is 2.35. The minimum atomic E-state index is -0.664. The zero-order valence-electron chi connectivity index (χ0n) is 21.5. The molecule has 1 aliphatic rings. The molecule has 3 aromatic rings. The summed E-state index contributed by atoms with van der Waals surface area (Å²) in [5, 5.41) is 5.70. The summed E-state index contributed by atoms with van der Waals surface area (Å²) in [4.78, 5) is 65.2. The summed E-state index contributed by atoms with van der Waals surface area (Å²) in [7, 11) is 0. The van der Waals surface area contributed by atoms with Gasteiger partial charge in [-0.15, -0.1) is 11.3 Å². The van der Waals surface area contributed by atoms with E-state index in [2.05, 4.69) is 10.6 Å². The smallest absolute Gasteiger partial charge is 0.341 e. The molecule has 9 nitrogen and oxygen atoms in total. The summed E-state index contributed by atoms with van der Waals surface area (Å²) in [6.07, 6.45) is -0.186. The summed E-state index contributed by atoms with van der Waals surface area (Å²) in [6, 6.07) is 12.1. The second-order valence-electron chi connectivity index (χ2n) is 8.86. The summed E-state index contributed by atoms with van der Waals surface area (Å²) < 4.78 is 5.17. The van der Waals surface area contributed by atoms with Crippen LogP contribution < -0.4 is 10.6 Å². The number of imide groups is 1. The molecule has 10 heteroatoms. The molecule has 196 valence electrons. The Labute approximate surface area is 223 Å². The van der Waals surface area contributed by atoms with Crippen LogP contribution in [-0.2, 0) is 9.53 Å². The fourth-order valence-corrected chi connectivity index (χ4v) is 5.35. The van der Waals surface area contributed by atoms with Crippen LogP contribution >= 0.6 is 11.3 Å². The van der Waals surface area contributed by atoms with Gasteiger partial charge in [0.1, 0.15) is 5.00 Å². The number of hydrogen-bond donors (Lipinski definition) is 2. The van der Waals surface area contributed by atoms with E-state index >= 15 is 0 Å². The van der Waals surface area contributed by atoms with E-state index in [9.17, 15) is 24.0 Å². The number of thiophene rings is 1. The van der Waals surface area contributed by atoms with Gasteiger partial charge in [-0.1, -0.05) is 29.8 Å². The molecule has 0 spiro atoms. The lowest BCUT2D eigenvalue weighted by atomic mass is 10.1. The van der Waals surface area contributed by atoms with Gasteiger partial charge in [-0.05, 0) is 57.0 Å². The van der Waals surface area contributed by atoms with Gasteiger partial charge < -0.3 is 15.4 Å². The third kappa shape index (κ3) is 5.21. The van der Waals surface area contributed by atoms with Gasteiger partial charge in [0, 0.05) is 18.7 Å². The Kier molecular flexibility index (Phi) is 7.72. The molecular weight excluding hydrogens is 506 g/mol. The van der Waals surface area contributed by atoms with E-state index in [1.807, 2.05) is 26.0 Å². The van der Waals surface area contributed by atoms with Crippen molar-refractivity contribution >= 4 is 51.6 Å². The number of aryl methyl sites for hydroxylation is 2. The number of anilines is 2. The van der Waals surface area contributed by atoms with Crippen molar-refractivity contribution < 1.29 is 28.7 Å². The fourth-order valence-electron chi connectivity index (χ4n) is 4.24. The molecule has 0 aliphatic carbocycles. The largest absolute Gasteiger partial charge is 0.462 e. The number of carbonyl (C=O) groups excluding carboxylic acids is 5. The molecule has 0 saturated heterocycles. The molecule has 0 saturated carbocycles. The minimum absolute atomic E-state index is 0.0942. The van der Waals surface area contributed by atoms with E-state index in [-0.39, 0.29) is 35.0 Å². The van der Waals surface area contributed by atoms with Crippen molar-refractivity contribution in [2.45, 2.75) is 34.1 Å². The molecule has 0 unspecified atom stereocenters. The fraction of sp³-hybridized carbons (Fsp3) is 0.250. The molecule has 0 fully saturated rings. The van der Waals surface area contributed by atoms with Gasteiger partial charge in [-0.25, -0.2) is 4.79 Å². The second kappa shape index (κ2) is 11.0. The maximum Gasteiger partial charge on any atom is 0.341 e. The maximum atomic E-state index is 13.1. The Balaban J connectivity index is 1.52. The summed E-state index contributed by atoms with van der Waals surface area (Å²) in [5.41, 5.74) is 3.66. The quantitative estimate of drug-likeness (QED) is 0.319. The molecule has 2 N–H and O–H groups in total. The van der Waals surface area contributed by atoms with Gasteiger partial charge in [0.2, 0.25) is 5.91 Å². The Hall–Kier alpha value is -4.31. The predicted octanol–water partition coefficient (Wildman–Crippen LogP) is 4.73. The van der Waals surface area contributed by atoms with Crippen molar-refractivity contribution in [1.29, 1.82) is 0 Å². The molecule has 2 heterocycles. The molecule has 0 bridgehead atoms. The molecule has 4 amide bonds. The highest BCUT2D eigenvalue weighted by atomic mass is 32.1. The van der Waals surface area contributed by atoms with Crippen LogP contribution in [0.4, 0.5) is 10.7 Å². The van der Waals surface area contributed by atoms with Crippen LogP contribution in [0.3, 0.4) is 0 Å². The monoisotopic (exact) mass is 533 g/mol. The Morgan fingerprint density at radius 3 is 2.21 bits per heavy atom. The van der Waals surface area contributed by atoms with Gasteiger partial charge in [0.15, 0.2) is 0 Å². The van der Waals surface area contributed by atoms with Crippen LogP contribution in [0, 0.1) is 20.8 Å². The van der Waals surface area contributed by atoms with Crippen LogP contribution in [0.25, 0.3) is 0 Å². The van der Waals surface area contributed by atoms with Gasteiger partial charge in [-0.2, -0.15) is 0 Å². The Morgan fingerprint density at radius 1 is 0.947 bits per heavy atom. The van der Waals surface area contributed by atoms with Crippen LogP contribution in [0.2, 0.25) is 0 Å². The standard InChI is InChI=1S/C28H27N3O6S/c1-5-37-28(36)22-17(4)23(24(33)29-20-11-10-15(2)14-16(20)3)38-25(22)30-21(32)12-13-31-26(34)18-8-6-7-9-19(18)27(31)35/h6-11,14H,5,12-13H2,1-4H3,(H,29,33)(H,30,32). The number of nitrogens with zero attached hydrogens (tertiary/aromatic N) is 1. The number of benzene rings is 2. The first-order chi connectivity index (χ1) is 18.1. The molecule has 2 aromatic carbocycles. The van der Waals surface area contributed by atoms with Crippen molar-refractivity contribution in [1.82, 2.24) is 4.90 Å². The molecule has 1 aromatic heterocycles. The molecule has 4 rings (SSSR count). The second-order valence-corrected chi connectivity index (χ2v) is 9.88. The van der Waals surface area contributed by atoms with Gasteiger partial charge >= 0.3 is 5.97 Å². The minimum Gasteiger partial charge on any atom is -0.462 e. The van der Waals surface area contributed by atoms with Crippen molar-refractivity contribution in [3.63, 3.8) is 0 Å². The van der Waals surface area contributed by atoms with Crippen molar-refractivity contribution in [3.8, 4) is 0 Å². The van der Waals surface area contributed by atoms with Crippen LogP contribution in [0.15, 0.2) is 42.5 Å². The van der Waals surface area contributed by atoms with Gasteiger partial charge in [0.05, 0.1) is 28.2 Å². The average Bonchev–Trinajstić information content (AvgIpc) is 3.33. The Bertz CT molecular complexity index is 1440. The first-order valence-corrected chi connectivity index (χ1v) is 12.9. The summed E-state index contributed by atoms with van der Waals surface area (Å²) in [6.45, 7) is 7.11. The van der Waals surface area contributed by atoms with Crippen LogP contribution in [0.1, 0.15) is 70.8 Å². The number of carbonyl (C=O) groups is 5. The molecule has 38 heavy (non-hydrogen) atoms. The normalized spacial score (nSPS) is 12.4. The van der Waals surface area contributed by atoms with E-state index in [0.717, 1.165) is 27.4 Å². The molecule has 0 atom stereocenters. The van der Waals surface area contributed by atoms with Crippen molar-refractivity contribution in [2.75, 3.05) is 23.8 Å². The first kappa shape index (κ1) is 26.7. The van der Waals surface area contributed by atoms with Gasteiger partial charge in [0.25, 0.3) is 17.7 Å². The lowest BCUT2D eigenvalue weighted by Crippen LogP contribution is -2.32. The van der Waals surface area contributed by atoms with E-state index in [1.54, 1.807) is 44.2 Å². The first-order valence-electron chi connectivity index (χ1n) is 12.1. The number of rotatable bonds is 8. The number of esters is 1. The van der Waals surface area contributed by atoms with E-state index in [4.69, 9.17) is 4.74 Å². The van der Waals surface area contributed by atoms with E-state index in [0.29, 0.717) is 22.4 Å². The van der Waals surface area contributed by atoms with Crippen LogP contribution in [-0.4, -0.2) is 47.6 Å². The highest BCUT2D eigenvalue weighted by molar-refractivity contribution is 7.19. The predicted molar refractivity (Wildman–Crippen MR) is 144 cm³/mol. The zero-order chi connectivity index (χ0) is 27.6. The third-order valence-corrected chi connectivity index (χ3v) is 7.36. The number of hydrogen-bond acceptors (Lipinski definition) is 7. The SMILES string of the molecule is CCOC(=O)c1c(NC(=O)CCN2C(=O)c3ccccc3C2=O)sc(C(=O)Nc2ccc(C)cc2C)c1C. The highest BCUT2D eigenvalue weighted by Crippen LogP contribution is 2.35. The van der Waals surface area contributed by atoms with Crippen molar-refractivity contribution in [2.24, 2.45) is 0 Å². The van der Waals surface area contributed by atoms with Gasteiger partial charge in [-0.3, -0.25) is 24.1 Å². The third-order valence-electron chi connectivity index (χ3n) is 6.16. The molecule has 1 aliphatic heterocycles. The lowest BCUT2D eigenvalue weighted by molar-refractivity contribution is -0.116. The number of amides is 4. The zero-order valence-corrected chi connectivity index (χ0v) is 22.3. The van der Waals surface area contributed by atoms with Crippen molar-refractivity contribution in [3.05, 3.63) is 80.7 Å². The number of nitrogens with one attached hydrogen (secondary N) is 2. The van der Waals surface area contributed by atoms with Crippen LogP contribution in [0.5, 0.6) is 0 Å². The maximum absolute atomic E-state index is 13.1. The topological polar surface area (TPSA) is 122 Å². The lowest BCUT2D eigenvalue weighted by Gasteiger charge is -2.13. The molecule has 0 radical (unpaired) electrons. The average molecular weight is 534 g/mol. The van der Waals surface area contributed by atoms with E-state index < -0.39 is 29.6 Å². The number of fused-ring (bicyclic) bond motifs is 1. The summed E-state index contributed by atoms with van der Waals surface area (Å²) in [5.74, 6) is -2.51. The number of ether oxygens (including phenoxy) is 1. The Morgan fingerprint density at radius 2 is 1.61 bits per heavy atom. The van der Waals surface area contributed by atoms with E-state index in [1.165, 1.54) is 0 Å². The molecular formula is C28H27N3O6S. The summed E-state index contributed by atoms with van der Waals surface area (Å²) >= 11 is 0.962.